The van der Waals surface area contributed by atoms with Gasteiger partial charge in [0.2, 0.25) is 0 Å². The zero-order valence-electron chi connectivity index (χ0n) is 16.2. The summed E-state index contributed by atoms with van der Waals surface area (Å²) in [6.45, 7) is 4.98. The fourth-order valence-electron chi connectivity index (χ4n) is 3.47. The first-order valence-electron chi connectivity index (χ1n) is 9.52. The topological polar surface area (TPSA) is 66.0 Å². The van der Waals surface area contributed by atoms with Gasteiger partial charge in [-0.05, 0) is 19.1 Å². The van der Waals surface area contributed by atoms with Gasteiger partial charge in [-0.15, -0.1) is 5.10 Å². The highest BCUT2D eigenvalue weighted by Gasteiger charge is 2.34. The first-order valence-corrected chi connectivity index (χ1v) is 9.52. The summed E-state index contributed by atoms with van der Waals surface area (Å²) < 4.78 is 53.2. The van der Waals surface area contributed by atoms with Crippen molar-refractivity contribution in [3.05, 3.63) is 53.1 Å². The van der Waals surface area contributed by atoms with Gasteiger partial charge in [0.15, 0.2) is 5.82 Å². The van der Waals surface area contributed by atoms with Crippen LogP contribution in [0.4, 0.5) is 29.2 Å². The van der Waals surface area contributed by atoms with Crippen LogP contribution < -0.4 is 15.5 Å². The second kappa shape index (κ2) is 8.02. The number of anilines is 2. The Morgan fingerprint density at radius 1 is 1.13 bits per heavy atom. The van der Waals surface area contributed by atoms with E-state index in [9.17, 15) is 17.6 Å². The van der Waals surface area contributed by atoms with Crippen molar-refractivity contribution in [2.24, 2.45) is 0 Å². The third-order valence-electron chi connectivity index (χ3n) is 5.11. The minimum atomic E-state index is -4.75. The van der Waals surface area contributed by atoms with Gasteiger partial charge in [-0.25, -0.2) is 9.37 Å². The zero-order chi connectivity index (χ0) is 21.3. The number of piperazine rings is 1. The standard InChI is InChI=1S/C20H20F4N6/c1-12-15-11-26-17(30-7-5-25-6-8-30)9-14(15)19(29-28-12)27-10-13-3-2-4-16(18(13)21)20(22,23)24/h2-4,9,11,25H,5-8,10H2,1H3,(H,27,29). The summed E-state index contributed by atoms with van der Waals surface area (Å²) >= 11 is 0. The number of aryl methyl sites for hydroxylation is 1. The van der Waals surface area contributed by atoms with E-state index in [0.717, 1.165) is 48.8 Å². The number of benzene rings is 1. The molecule has 0 bridgehead atoms. The highest BCUT2D eigenvalue weighted by molar-refractivity contribution is 5.94. The fraction of sp³-hybridized carbons (Fsp3) is 0.350. The number of nitrogens with one attached hydrogen (secondary N) is 2. The molecule has 1 fully saturated rings. The Morgan fingerprint density at radius 2 is 1.90 bits per heavy atom. The van der Waals surface area contributed by atoms with Crippen LogP contribution in [0.3, 0.4) is 0 Å². The Kier molecular flexibility index (Phi) is 5.42. The van der Waals surface area contributed by atoms with E-state index in [2.05, 4.69) is 30.7 Å². The molecule has 158 valence electrons. The lowest BCUT2D eigenvalue weighted by Gasteiger charge is -2.28. The van der Waals surface area contributed by atoms with E-state index in [0.29, 0.717) is 11.5 Å². The first kappa shape index (κ1) is 20.3. The van der Waals surface area contributed by atoms with E-state index in [1.165, 1.54) is 12.1 Å². The monoisotopic (exact) mass is 420 g/mol. The predicted molar refractivity (Wildman–Crippen MR) is 106 cm³/mol. The van der Waals surface area contributed by atoms with Gasteiger partial charge < -0.3 is 15.5 Å². The van der Waals surface area contributed by atoms with Crippen molar-refractivity contribution in [3.8, 4) is 0 Å². The van der Waals surface area contributed by atoms with E-state index < -0.39 is 17.6 Å². The molecule has 0 atom stereocenters. The number of halogens is 4. The van der Waals surface area contributed by atoms with E-state index in [4.69, 9.17) is 0 Å². The third kappa shape index (κ3) is 4.00. The number of hydrogen-bond acceptors (Lipinski definition) is 6. The van der Waals surface area contributed by atoms with Crippen molar-refractivity contribution >= 4 is 22.4 Å². The molecule has 0 radical (unpaired) electrons. The zero-order valence-corrected chi connectivity index (χ0v) is 16.2. The average Bonchev–Trinajstić information content (AvgIpc) is 2.74. The summed E-state index contributed by atoms with van der Waals surface area (Å²) in [4.78, 5) is 6.66. The summed E-state index contributed by atoms with van der Waals surface area (Å²) in [5.74, 6) is -0.138. The fourth-order valence-corrected chi connectivity index (χ4v) is 3.47. The Hall–Kier alpha value is -3.01. The largest absolute Gasteiger partial charge is 0.419 e. The van der Waals surface area contributed by atoms with Gasteiger partial charge in [-0.1, -0.05) is 12.1 Å². The molecule has 3 heterocycles. The van der Waals surface area contributed by atoms with Crippen LogP contribution in [0.5, 0.6) is 0 Å². The van der Waals surface area contributed by atoms with Crippen molar-refractivity contribution in [2.75, 3.05) is 36.4 Å². The van der Waals surface area contributed by atoms with Gasteiger partial charge >= 0.3 is 6.18 Å². The van der Waals surface area contributed by atoms with Crippen molar-refractivity contribution < 1.29 is 17.6 Å². The molecule has 10 heteroatoms. The molecule has 1 saturated heterocycles. The third-order valence-corrected chi connectivity index (χ3v) is 5.11. The molecule has 0 aliphatic carbocycles. The van der Waals surface area contributed by atoms with E-state index in [1.807, 2.05) is 6.07 Å². The van der Waals surface area contributed by atoms with Crippen LogP contribution in [-0.2, 0) is 12.7 Å². The molecular formula is C20H20F4N6. The minimum Gasteiger partial charge on any atom is -0.364 e. The predicted octanol–water partition coefficient (Wildman–Crippen LogP) is 3.51. The molecule has 2 N–H and O–H groups in total. The molecule has 3 aromatic rings. The number of alkyl halides is 3. The summed E-state index contributed by atoms with van der Waals surface area (Å²) in [5, 5.41) is 16.0. The Morgan fingerprint density at radius 3 is 2.63 bits per heavy atom. The van der Waals surface area contributed by atoms with Crippen LogP contribution in [0.1, 0.15) is 16.8 Å². The van der Waals surface area contributed by atoms with E-state index in [-0.39, 0.29) is 12.1 Å². The maximum absolute atomic E-state index is 14.3. The lowest BCUT2D eigenvalue weighted by molar-refractivity contribution is -0.140. The normalized spacial score (nSPS) is 14.9. The maximum Gasteiger partial charge on any atom is 0.419 e. The lowest BCUT2D eigenvalue weighted by atomic mass is 10.1. The highest BCUT2D eigenvalue weighted by Crippen LogP contribution is 2.33. The molecule has 2 aromatic heterocycles. The first-order chi connectivity index (χ1) is 14.3. The number of rotatable bonds is 4. The Balaban J connectivity index is 1.65. The SMILES string of the molecule is Cc1nnc(NCc2cccc(C(F)(F)F)c2F)c2cc(N3CCNCC3)ncc12. The van der Waals surface area contributed by atoms with Crippen molar-refractivity contribution in [3.63, 3.8) is 0 Å². The lowest BCUT2D eigenvalue weighted by Crippen LogP contribution is -2.43. The molecule has 0 spiro atoms. The van der Waals surface area contributed by atoms with Crippen molar-refractivity contribution in [2.45, 2.75) is 19.6 Å². The van der Waals surface area contributed by atoms with Crippen molar-refractivity contribution in [1.29, 1.82) is 0 Å². The number of fused-ring (bicyclic) bond motifs is 1. The van der Waals surface area contributed by atoms with Crippen LogP contribution in [0.15, 0.2) is 30.5 Å². The van der Waals surface area contributed by atoms with Gasteiger partial charge in [0.05, 0.1) is 11.3 Å². The van der Waals surface area contributed by atoms with Crippen molar-refractivity contribution in [1.82, 2.24) is 20.5 Å². The smallest absolute Gasteiger partial charge is 0.364 e. The van der Waals surface area contributed by atoms with Crippen LogP contribution in [-0.4, -0.2) is 41.4 Å². The molecule has 0 unspecified atom stereocenters. The number of nitrogens with zero attached hydrogens (tertiary/aromatic N) is 4. The summed E-state index contributed by atoms with van der Waals surface area (Å²) in [7, 11) is 0. The molecular weight excluding hydrogens is 400 g/mol. The van der Waals surface area contributed by atoms with Crippen LogP contribution in [0.2, 0.25) is 0 Å². The molecule has 1 aliphatic heterocycles. The molecule has 1 aromatic carbocycles. The quantitative estimate of drug-likeness (QED) is 0.630. The van der Waals surface area contributed by atoms with Crippen LogP contribution in [0, 0.1) is 12.7 Å². The molecule has 0 amide bonds. The minimum absolute atomic E-state index is 0.100. The number of hydrogen-bond donors (Lipinski definition) is 2. The summed E-state index contributed by atoms with van der Waals surface area (Å²) in [6.07, 6.45) is -3.03. The molecule has 1 aliphatic rings. The second-order valence-electron chi connectivity index (χ2n) is 7.09. The summed E-state index contributed by atoms with van der Waals surface area (Å²) in [6, 6.07) is 5.11. The van der Waals surface area contributed by atoms with Gasteiger partial charge in [0.1, 0.15) is 11.6 Å². The Bertz CT molecular complexity index is 1060. The van der Waals surface area contributed by atoms with E-state index in [1.54, 1.807) is 13.1 Å². The highest BCUT2D eigenvalue weighted by atomic mass is 19.4. The average molecular weight is 420 g/mol. The van der Waals surface area contributed by atoms with Crippen LogP contribution >= 0.6 is 0 Å². The molecule has 6 nitrogen and oxygen atoms in total. The van der Waals surface area contributed by atoms with Gasteiger partial charge in [-0.2, -0.15) is 18.3 Å². The molecule has 30 heavy (non-hydrogen) atoms. The molecule has 4 rings (SSSR count). The Labute approximate surface area is 170 Å². The van der Waals surface area contributed by atoms with Gasteiger partial charge in [-0.3, -0.25) is 0 Å². The van der Waals surface area contributed by atoms with Gasteiger partial charge in [0, 0.05) is 55.3 Å². The number of aromatic nitrogens is 3. The van der Waals surface area contributed by atoms with Gasteiger partial charge in [0.25, 0.3) is 0 Å². The van der Waals surface area contributed by atoms with Crippen LogP contribution in [0.25, 0.3) is 10.8 Å². The number of pyridine rings is 1. The van der Waals surface area contributed by atoms with E-state index >= 15 is 0 Å². The molecule has 0 saturated carbocycles. The summed E-state index contributed by atoms with van der Waals surface area (Å²) in [5.41, 5.74) is -0.705. The maximum atomic E-state index is 14.3. The second-order valence-corrected chi connectivity index (χ2v) is 7.09.